The van der Waals surface area contributed by atoms with Crippen molar-refractivity contribution in [2.75, 3.05) is 19.6 Å². The minimum atomic E-state index is -0.410. The van der Waals surface area contributed by atoms with Gasteiger partial charge in [0.05, 0.1) is 0 Å². The van der Waals surface area contributed by atoms with E-state index in [1.165, 1.54) is 25.7 Å². The first-order chi connectivity index (χ1) is 6.79. The summed E-state index contributed by atoms with van der Waals surface area (Å²) in [5.41, 5.74) is 4.98. The monoisotopic (exact) mass is 199 g/mol. The molecule has 0 radical (unpaired) electrons. The van der Waals surface area contributed by atoms with Crippen LogP contribution in [0.1, 0.15) is 32.1 Å². The highest BCUT2D eigenvalue weighted by Gasteiger charge is 2.10. The fourth-order valence-electron chi connectivity index (χ4n) is 1.98. The molecule has 1 aliphatic heterocycles. The molecule has 4 heteroatoms. The zero-order valence-corrected chi connectivity index (χ0v) is 8.72. The number of nitrogens with two attached hydrogens (primary N) is 1. The second-order valence-corrected chi connectivity index (χ2v) is 3.98. The van der Waals surface area contributed by atoms with E-state index < -0.39 is 6.03 Å². The lowest BCUT2D eigenvalue weighted by Gasteiger charge is -2.12. The molecule has 82 valence electrons. The van der Waals surface area contributed by atoms with Crippen LogP contribution in [0.25, 0.3) is 0 Å². The Labute approximate surface area is 85.6 Å². The SMILES string of the molecule is NC(=O)NCCCC1CCCNCC1. The Bertz CT molecular complexity index is 165. The van der Waals surface area contributed by atoms with E-state index in [4.69, 9.17) is 5.73 Å². The quantitative estimate of drug-likeness (QED) is 0.587. The maximum atomic E-state index is 10.4. The summed E-state index contributed by atoms with van der Waals surface area (Å²) in [6.45, 7) is 3.03. The Balaban J connectivity index is 2.01. The van der Waals surface area contributed by atoms with E-state index in [0.29, 0.717) is 0 Å². The molecule has 1 atom stereocenters. The molecule has 4 nitrogen and oxygen atoms in total. The van der Waals surface area contributed by atoms with Gasteiger partial charge in [0.25, 0.3) is 0 Å². The molecule has 1 aliphatic rings. The number of carbonyl (C=O) groups excluding carboxylic acids is 1. The predicted octanol–water partition coefficient (Wildman–Crippen LogP) is 0.825. The summed E-state index contributed by atoms with van der Waals surface area (Å²) in [6, 6.07) is -0.410. The number of hydrogen-bond acceptors (Lipinski definition) is 2. The molecule has 0 aromatic rings. The molecular weight excluding hydrogens is 178 g/mol. The Morgan fingerprint density at radius 2 is 2.29 bits per heavy atom. The molecule has 0 aliphatic carbocycles. The molecule has 1 rings (SSSR count). The summed E-state index contributed by atoms with van der Waals surface area (Å²) >= 11 is 0. The van der Waals surface area contributed by atoms with Crippen LogP contribution in [0.2, 0.25) is 0 Å². The lowest BCUT2D eigenvalue weighted by molar-refractivity contribution is 0.248. The van der Waals surface area contributed by atoms with E-state index >= 15 is 0 Å². The molecule has 0 aromatic carbocycles. The van der Waals surface area contributed by atoms with Gasteiger partial charge in [-0.3, -0.25) is 0 Å². The van der Waals surface area contributed by atoms with Gasteiger partial charge in [0, 0.05) is 6.54 Å². The third kappa shape index (κ3) is 5.07. The normalized spacial score (nSPS) is 22.7. The summed E-state index contributed by atoms with van der Waals surface area (Å²) < 4.78 is 0. The predicted molar refractivity (Wildman–Crippen MR) is 57.0 cm³/mol. The zero-order chi connectivity index (χ0) is 10.2. The standard InChI is InChI=1S/C10H21N3O/c11-10(14)13-7-2-4-9-3-1-6-12-8-5-9/h9,12H,1-8H2,(H3,11,13,14). The fraction of sp³-hybridized carbons (Fsp3) is 0.900. The Kier molecular flexibility index (Phi) is 5.37. The van der Waals surface area contributed by atoms with Gasteiger partial charge >= 0.3 is 6.03 Å². The van der Waals surface area contributed by atoms with Gasteiger partial charge in [0.2, 0.25) is 0 Å². The number of primary amides is 1. The van der Waals surface area contributed by atoms with Crippen molar-refractivity contribution in [2.24, 2.45) is 11.7 Å². The summed E-state index contributed by atoms with van der Waals surface area (Å²) in [6.07, 6.45) is 6.14. The second-order valence-electron chi connectivity index (χ2n) is 3.98. The van der Waals surface area contributed by atoms with Crippen molar-refractivity contribution in [1.82, 2.24) is 10.6 Å². The molecule has 14 heavy (non-hydrogen) atoms. The first-order valence-electron chi connectivity index (χ1n) is 5.53. The second kappa shape index (κ2) is 6.65. The first-order valence-corrected chi connectivity index (χ1v) is 5.53. The average Bonchev–Trinajstić information content (AvgIpc) is 2.40. The molecule has 0 aromatic heterocycles. The molecular formula is C10H21N3O. The summed E-state index contributed by atoms with van der Waals surface area (Å²) in [4.78, 5) is 10.4. The molecule has 0 saturated carbocycles. The van der Waals surface area contributed by atoms with Crippen LogP contribution in [-0.4, -0.2) is 25.7 Å². The third-order valence-electron chi connectivity index (χ3n) is 2.78. The van der Waals surface area contributed by atoms with Gasteiger partial charge in [-0.15, -0.1) is 0 Å². The molecule has 1 saturated heterocycles. The van der Waals surface area contributed by atoms with Crippen LogP contribution in [0.15, 0.2) is 0 Å². The van der Waals surface area contributed by atoms with Crippen LogP contribution in [0.3, 0.4) is 0 Å². The van der Waals surface area contributed by atoms with Gasteiger partial charge in [-0.05, 0) is 51.1 Å². The topological polar surface area (TPSA) is 67.2 Å². The van der Waals surface area contributed by atoms with Crippen LogP contribution in [-0.2, 0) is 0 Å². The Hall–Kier alpha value is -0.770. The highest BCUT2D eigenvalue weighted by molar-refractivity contribution is 5.71. The maximum absolute atomic E-state index is 10.4. The van der Waals surface area contributed by atoms with Crippen LogP contribution >= 0.6 is 0 Å². The number of urea groups is 1. The van der Waals surface area contributed by atoms with E-state index in [-0.39, 0.29) is 0 Å². The van der Waals surface area contributed by atoms with Gasteiger partial charge in [-0.1, -0.05) is 0 Å². The number of amides is 2. The summed E-state index contributed by atoms with van der Waals surface area (Å²) in [5.74, 6) is 0.833. The van der Waals surface area contributed by atoms with Gasteiger partial charge < -0.3 is 16.4 Å². The number of carbonyl (C=O) groups is 1. The third-order valence-corrected chi connectivity index (χ3v) is 2.78. The molecule has 0 spiro atoms. The fourth-order valence-corrected chi connectivity index (χ4v) is 1.98. The molecule has 4 N–H and O–H groups in total. The number of rotatable bonds is 4. The van der Waals surface area contributed by atoms with Crippen LogP contribution in [0.5, 0.6) is 0 Å². The maximum Gasteiger partial charge on any atom is 0.312 e. The van der Waals surface area contributed by atoms with Gasteiger partial charge in [-0.2, -0.15) is 0 Å². The van der Waals surface area contributed by atoms with Crippen molar-refractivity contribution in [3.05, 3.63) is 0 Å². The van der Waals surface area contributed by atoms with E-state index in [2.05, 4.69) is 10.6 Å². The van der Waals surface area contributed by atoms with Crippen molar-refractivity contribution in [2.45, 2.75) is 32.1 Å². The van der Waals surface area contributed by atoms with Crippen molar-refractivity contribution in [1.29, 1.82) is 0 Å². The Morgan fingerprint density at radius 1 is 1.43 bits per heavy atom. The van der Waals surface area contributed by atoms with Crippen molar-refractivity contribution in [3.63, 3.8) is 0 Å². The smallest absolute Gasteiger partial charge is 0.312 e. The zero-order valence-electron chi connectivity index (χ0n) is 8.72. The minimum absolute atomic E-state index is 0.410. The van der Waals surface area contributed by atoms with Gasteiger partial charge in [0.15, 0.2) is 0 Å². The van der Waals surface area contributed by atoms with E-state index in [1.807, 2.05) is 0 Å². The van der Waals surface area contributed by atoms with E-state index in [0.717, 1.165) is 32.0 Å². The molecule has 1 heterocycles. The highest BCUT2D eigenvalue weighted by atomic mass is 16.2. The van der Waals surface area contributed by atoms with Crippen LogP contribution in [0.4, 0.5) is 4.79 Å². The summed E-state index contributed by atoms with van der Waals surface area (Å²) in [7, 11) is 0. The number of hydrogen-bond donors (Lipinski definition) is 3. The molecule has 1 unspecified atom stereocenters. The van der Waals surface area contributed by atoms with E-state index in [1.54, 1.807) is 0 Å². The van der Waals surface area contributed by atoms with Crippen molar-refractivity contribution >= 4 is 6.03 Å². The van der Waals surface area contributed by atoms with Crippen molar-refractivity contribution < 1.29 is 4.79 Å². The van der Waals surface area contributed by atoms with Crippen molar-refractivity contribution in [3.8, 4) is 0 Å². The Morgan fingerprint density at radius 3 is 3.07 bits per heavy atom. The summed E-state index contributed by atoms with van der Waals surface area (Å²) in [5, 5.41) is 6.02. The van der Waals surface area contributed by atoms with E-state index in [9.17, 15) is 4.79 Å². The van der Waals surface area contributed by atoms with Crippen LogP contribution in [0, 0.1) is 5.92 Å². The average molecular weight is 199 g/mol. The lowest BCUT2D eigenvalue weighted by atomic mass is 9.95. The lowest BCUT2D eigenvalue weighted by Crippen LogP contribution is -2.30. The molecule has 1 fully saturated rings. The highest BCUT2D eigenvalue weighted by Crippen LogP contribution is 2.18. The van der Waals surface area contributed by atoms with Crippen LogP contribution < -0.4 is 16.4 Å². The minimum Gasteiger partial charge on any atom is -0.352 e. The van der Waals surface area contributed by atoms with Gasteiger partial charge in [-0.25, -0.2) is 4.79 Å². The first kappa shape index (κ1) is 11.3. The molecule has 0 bridgehead atoms. The molecule has 2 amide bonds. The number of nitrogens with one attached hydrogen (secondary N) is 2. The largest absolute Gasteiger partial charge is 0.352 e. The van der Waals surface area contributed by atoms with Gasteiger partial charge in [0.1, 0.15) is 0 Å².